The molecule has 3 aliphatic rings. The Hall–Kier alpha value is -4.85. The fourth-order valence-electron chi connectivity index (χ4n) is 9.61. The highest BCUT2D eigenvalue weighted by molar-refractivity contribution is 7.52. The van der Waals surface area contributed by atoms with E-state index in [1.165, 1.54) is 37.8 Å². The quantitative estimate of drug-likeness (QED) is 0.0213. The molecule has 3 heterocycles. The molecule has 0 spiro atoms. The summed E-state index contributed by atoms with van der Waals surface area (Å²) in [7, 11) is -3.94. The van der Waals surface area contributed by atoms with Crippen LogP contribution in [-0.4, -0.2) is 347 Å². The van der Waals surface area contributed by atoms with Gasteiger partial charge in [-0.1, -0.05) is 12.1 Å². The lowest BCUT2D eigenvalue weighted by molar-refractivity contribution is -0.272. The van der Waals surface area contributed by atoms with Gasteiger partial charge in [-0.2, -0.15) is 0 Å². The first-order chi connectivity index (χ1) is 44.9. The van der Waals surface area contributed by atoms with Crippen molar-refractivity contribution in [2.24, 2.45) is 0 Å². The zero-order valence-corrected chi connectivity index (χ0v) is 53.9. The van der Waals surface area contributed by atoms with Crippen LogP contribution in [0.3, 0.4) is 0 Å². The average molecular weight is 1380 g/mol. The van der Waals surface area contributed by atoms with E-state index in [1.807, 2.05) is 0 Å². The van der Waals surface area contributed by atoms with Crippen molar-refractivity contribution in [3.63, 3.8) is 0 Å². The topological polar surface area (TPSA) is 517 Å². The zero-order chi connectivity index (χ0) is 69.2. The maximum atomic E-state index is 14.3. The lowest BCUT2D eigenvalue weighted by Gasteiger charge is -2.42. The maximum Gasteiger partial charge on any atom is 0.373 e. The second-order valence-electron chi connectivity index (χ2n) is 21.7. The molecule has 38 heteroatoms. The second-order valence-corrected chi connectivity index (χ2v) is 23.5. The summed E-state index contributed by atoms with van der Waals surface area (Å²) >= 11 is 0. The van der Waals surface area contributed by atoms with E-state index < -0.39 is 174 Å². The SMILES string of the molecule is CC(=O)NC1C(OCCOCCOCCNC(=O)CN(CC(=O)NCCOCCOCCOC2OC(CO)C(O)C(O)C2NC(C)=O)C(Cc2ccc(OP(C)(=O)O)cc2)C(=O)NCCOCCOCCOC2OC(CO)C(O)C(O)C2NC(C)=O)OC(CO)C(O)C1O. The number of hydrogen-bond acceptors (Lipinski definition) is 30. The Kier molecular flexibility index (Phi) is 38.3. The van der Waals surface area contributed by atoms with E-state index in [2.05, 4.69) is 31.9 Å². The first-order valence-electron chi connectivity index (χ1n) is 30.5. The van der Waals surface area contributed by atoms with Gasteiger partial charge in [0.05, 0.1) is 138 Å². The third-order valence-corrected chi connectivity index (χ3v) is 14.7. The van der Waals surface area contributed by atoms with Gasteiger partial charge in [0.25, 0.3) is 0 Å². The Morgan fingerprint density at radius 3 is 1.10 bits per heavy atom. The summed E-state index contributed by atoms with van der Waals surface area (Å²) in [6.45, 7) is 1.96. The van der Waals surface area contributed by atoms with Crippen LogP contribution < -0.4 is 36.4 Å². The standard InChI is InChI=1S/C56H96N7O30P/c1-33(67)60-44-50(75)47(72)39(30-64)90-54(44)87-24-21-84-18-15-81-12-9-57-42(70)28-63(29-43(71)58-10-13-82-16-19-85-22-25-88-55-45(61-34(2)68)51(76)48(73)40(31-65)91-55)38(27-36-5-7-37(8-6-36)93-94(4,79)80)53(78)59-11-14-83-17-20-86-23-26-89-56-46(62-35(3)69)52(77)49(74)41(32-66)92-56/h5-8,38-41,44-52,54-56,64-66,72-77H,9-32H2,1-4H3,(H,57,70)(H,58,71)(H,59,78)(H,60,67)(H,61,68)(H,62,69)(H,79,80). The van der Waals surface area contributed by atoms with Crippen molar-refractivity contribution < 1.29 is 146 Å². The number of benzene rings is 1. The minimum Gasteiger partial charge on any atom is -0.425 e. The van der Waals surface area contributed by atoms with Crippen molar-refractivity contribution in [3.05, 3.63) is 29.8 Å². The predicted octanol–water partition coefficient (Wildman–Crippen LogP) is -8.58. The van der Waals surface area contributed by atoms with Gasteiger partial charge in [0, 0.05) is 47.1 Å². The van der Waals surface area contributed by atoms with E-state index in [0.717, 1.165) is 6.66 Å². The molecule has 4 rings (SSSR count). The van der Waals surface area contributed by atoms with Crippen LogP contribution in [0.5, 0.6) is 5.75 Å². The molecule has 0 saturated carbocycles. The van der Waals surface area contributed by atoms with Crippen molar-refractivity contribution in [3.8, 4) is 5.75 Å². The van der Waals surface area contributed by atoms with Crippen molar-refractivity contribution in [1.82, 2.24) is 36.8 Å². The highest BCUT2D eigenvalue weighted by atomic mass is 31.2. The van der Waals surface area contributed by atoms with E-state index in [-0.39, 0.29) is 131 Å². The van der Waals surface area contributed by atoms with Crippen LogP contribution in [-0.2, 0) is 96.6 Å². The molecule has 0 aromatic heterocycles. The lowest BCUT2D eigenvalue weighted by atomic mass is 9.97. The number of ether oxygens (including phenoxy) is 12. The number of rotatable bonds is 46. The highest BCUT2D eigenvalue weighted by Crippen LogP contribution is 2.38. The van der Waals surface area contributed by atoms with Gasteiger partial charge in [-0.05, 0) is 24.1 Å². The number of amides is 6. The molecule has 0 bridgehead atoms. The molecule has 17 atom stereocenters. The minimum atomic E-state index is -3.94. The zero-order valence-electron chi connectivity index (χ0n) is 53.0. The summed E-state index contributed by atoms with van der Waals surface area (Å²) in [4.78, 5) is 88.0. The van der Waals surface area contributed by atoms with Crippen LogP contribution in [0.4, 0.5) is 0 Å². The summed E-state index contributed by atoms with van der Waals surface area (Å²) < 4.78 is 84.2. The molecular formula is C56H96N7O30P. The smallest absolute Gasteiger partial charge is 0.373 e. The normalized spacial score (nSPS) is 27.2. The van der Waals surface area contributed by atoms with Gasteiger partial charge in [-0.3, -0.25) is 33.7 Å². The third kappa shape index (κ3) is 29.9. The molecule has 3 aliphatic heterocycles. The van der Waals surface area contributed by atoms with Crippen LogP contribution in [0, 0.1) is 0 Å². The molecular weight excluding hydrogens is 1280 g/mol. The fraction of sp³-hybridized carbons (Fsp3) is 0.786. The number of hydrogen-bond donors (Lipinski definition) is 16. The van der Waals surface area contributed by atoms with Gasteiger partial charge in [-0.25, -0.2) is 4.57 Å². The first-order valence-corrected chi connectivity index (χ1v) is 32.5. The van der Waals surface area contributed by atoms with E-state index in [1.54, 1.807) is 12.1 Å². The molecule has 540 valence electrons. The average Bonchev–Trinajstić information content (AvgIpc) is 0.912. The van der Waals surface area contributed by atoms with E-state index in [4.69, 9.17) is 61.4 Å². The van der Waals surface area contributed by atoms with Gasteiger partial charge in [-0.15, -0.1) is 0 Å². The van der Waals surface area contributed by atoms with Crippen LogP contribution in [0.25, 0.3) is 0 Å². The first kappa shape index (κ1) is 81.6. The molecule has 1 aromatic carbocycles. The van der Waals surface area contributed by atoms with E-state index in [0.29, 0.717) is 5.56 Å². The van der Waals surface area contributed by atoms with Gasteiger partial charge in [0.2, 0.25) is 35.4 Å². The van der Waals surface area contributed by atoms with Crippen LogP contribution in [0.15, 0.2) is 24.3 Å². The second kappa shape index (κ2) is 44.1. The van der Waals surface area contributed by atoms with Gasteiger partial charge < -0.3 is 144 Å². The summed E-state index contributed by atoms with van der Waals surface area (Å²) in [5, 5.41) is 106. The molecule has 94 heavy (non-hydrogen) atoms. The fourth-order valence-corrected chi connectivity index (χ4v) is 10.1. The Labute approximate surface area is 543 Å². The molecule has 0 radical (unpaired) electrons. The number of aliphatic hydroxyl groups excluding tert-OH is 9. The van der Waals surface area contributed by atoms with Crippen molar-refractivity contribution >= 4 is 43.0 Å². The van der Waals surface area contributed by atoms with Gasteiger partial charge in [0.15, 0.2) is 18.9 Å². The highest BCUT2D eigenvalue weighted by Gasteiger charge is 2.48. The molecule has 16 N–H and O–H groups in total. The van der Waals surface area contributed by atoms with Crippen molar-refractivity contribution in [1.29, 1.82) is 0 Å². The number of aliphatic hydroxyl groups is 9. The van der Waals surface area contributed by atoms with E-state index in [9.17, 15) is 84.2 Å². The number of nitrogens with zero attached hydrogens (tertiary/aromatic N) is 1. The predicted molar refractivity (Wildman–Crippen MR) is 320 cm³/mol. The molecule has 37 nitrogen and oxygen atoms in total. The Morgan fingerprint density at radius 1 is 0.479 bits per heavy atom. The summed E-state index contributed by atoms with van der Waals surface area (Å²) in [6.07, 6.45) is -16.1. The van der Waals surface area contributed by atoms with Gasteiger partial charge in [0.1, 0.15) is 78.8 Å². The van der Waals surface area contributed by atoms with Crippen LogP contribution in [0.1, 0.15) is 26.3 Å². The molecule has 3 fully saturated rings. The molecule has 17 unspecified atom stereocenters. The third-order valence-electron chi connectivity index (χ3n) is 14.1. The molecule has 0 aliphatic carbocycles. The number of carbonyl (C=O) groups is 6. The lowest BCUT2D eigenvalue weighted by Crippen LogP contribution is -2.64. The summed E-state index contributed by atoms with van der Waals surface area (Å²) in [6, 6.07) is 1.32. The number of carbonyl (C=O) groups excluding carboxylic acids is 6. The Balaban J connectivity index is 1.32. The Morgan fingerprint density at radius 2 is 0.787 bits per heavy atom. The van der Waals surface area contributed by atoms with Crippen molar-refractivity contribution in [2.45, 2.75) is 125 Å². The monoisotopic (exact) mass is 1380 g/mol. The maximum absolute atomic E-state index is 14.3. The molecule has 6 amide bonds. The summed E-state index contributed by atoms with van der Waals surface area (Å²) in [5.41, 5.74) is 0.502. The van der Waals surface area contributed by atoms with Crippen molar-refractivity contribution in [2.75, 3.05) is 158 Å². The molecule has 1 aromatic rings. The molecule has 3 saturated heterocycles. The van der Waals surface area contributed by atoms with E-state index >= 15 is 0 Å². The Bertz CT molecular complexity index is 2340. The van der Waals surface area contributed by atoms with Crippen LogP contribution in [0.2, 0.25) is 0 Å². The minimum absolute atomic E-state index is 0.00668. The van der Waals surface area contributed by atoms with Gasteiger partial charge >= 0.3 is 7.60 Å². The number of nitrogens with one attached hydrogen (secondary N) is 6. The van der Waals surface area contributed by atoms with Crippen LogP contribution >= 0.6 is 7.60 Å². The summed E-state index contributed by atoms with van der Waals surface area (Å²) in [5.74, 6) is -3.31. The largest absolute Gasteiger partial charge is 0.425 e.